The lowest BCUT2D eigenvalue weighted by atomic mass is 9.83. The molecule has 3 nitrogen and oxygen atoms in total. The molecular formula is C17H8O3S. The molecule has 0 spiro atoms. The fraction of sp³-hybridized carbons (Fsp3) is 0. The summed E-state index contributed by atoms with van der Waals surface area (Å²) < 4.78 is 0.591. The molecule has 0 atom stereocenters. The van der Waals surface area contributed by atoms with Gasteiger partial charge in [-0.3, -0.25) is 14.4 Å². The van der Waals surface area contributed by atoms with Crippen LogP contribution in [0.2, 0.25) is 0 Å². The number of benzene rings is 2. The largest absolute Gasteiger partial charge is 0.289 e. The van der Waals surface area contributed by atoms with Crippen LogP contribution in [0.4, 0.5) is 0 Å². The molecule has 0 aliphatic heterocycles. The number of carbonyl (C=O) groups excluding carboxylic acids is 2. The quantitative estimate of drug-likeness (QED) is 0.500. The Hall–Kier alpha value is -2.59. The summed E-state index contributed by atoms with van der Waals surface area (Å²) in [7, 11) is 0. The average Bonchev–Trinajstić information content (AvgIpc) is 2.52. The number of hydrogen-bond donors (Lipinski definition) is 0. The molecule has 21 heavy (non-hydrogen) atoms. The number of ketones is 2. The normalized spacial score (nSPS) is 13.1. The van der Waals surface area contributed by atoms with E-state index in [9.17, 15) is 14.4 Å². The predicted octanol–water partition coefficient (Wildman–Crippen LogP) is 3.04. The fourth-order valence-electron chi connectivity index (χ4n) is 2.73. The van der Waals surface area contributed by atoms with Crippen LogP contribution in [0.15, 0.2) is 52.6 Å². The van der Waals surface area contributed by atoms with Crippen LogP contribution in [0.3, 0.4) is 0 Å². The van der Waals surface area contributed by atoms with Crippen molar-refractivity contribution < 1.29 is 9.59 Å². The zero-order valence-electron chi connectivity index (χ0n) is 10.8. The molecule has 0 saturated heterocycles. The Balaban J connectivity index is 2.17. The van der Waals surface area contributed by atoms with E-state index in [0.29, 0.717) is 32.3 Å². The zero-order valence-corrected chi connectivity index (χ0v) is 11.6. The van der Waals surface area contributed by atoms with Crippen LogP contribution in [-0.4, -0.2) is 11.6 Å². The number of carbonyl (C=O) groups is 2. The van der Waals surface area contributed by atoms with Gasteiger partial charge in [0.05, 0.1) is 10.3 Å². The smallest absolute Gasteiger partial charge is 0.195 e. The van der Waals surface area contributed by atoms with Gasteiger partial charge in [0.25, 0.3) is 0 Å². The van der Waals surface area contributed by atoms with Gasteiger partial charge in [-0.15, -0.1) is 11.3 Å². The van der Waals surface area contributed by atoms with Crippen molar-refractivity contribution >= 4 is 33.0 Å². The highest BCUT2D eigenvalue weighted by Crippen LogP contribution is 2.33. The van der Waals surface area contributed by atoms with Crippen molar-refractivity contribution in [3.05, 3.63) is 80.3 Å². The zero-order chi connectivity index (χ0) is 14.6. The molecule has 1 heterocycles. The molecule has 2 aromatic carbocycles. The van der Waals surface area contributed by atoms with Crippen LogP contribution in [-0.2, 0) is 0 Å². The first-order valence-electron chi connectivity index (χ1n) is 6.41. The Kier molecular flexibility index (Phi) is 2.43. The van der Waals surface area contributed by atoms with Gasteiger partial charge in [-0.2, -0.15) is 0 Å². The molecule has 1 aliphatic rings. The first-order valence-corrected chi connectivity index (χ1v) is 7.29. The van der Waals surface area contributed by atoms with Gasteiger partial charge < -0.3 is 0 Å². The summed E-state index contributed by atoms with van der Waals surface area (Å²) in [5.74, 6) is -0.349. The van der Waals surface area contributed by atoms with Gasteiger partial charge in [0.2, 0.25) is 0 Å². The number of fused-ring (bicyclic) bond motifs is 4. The van der Waals surface area contributed by atoms with E-state index in [2.05, 4.69) is 0 Å². The molecule has 0 bridgehead atoms. The van der Waals surface area contributed by atoms with Crippen LogP contribution >= 0.6 is 11.3 Å². The number of hydrogen-bond acceptors (Lipinski definition) is 4. The van der Waals surface area contributed by atoms with E-state index in [-0.39, 0.29) is 17.0 Å². The van der Waals surface area contributed by atoms with Gasteiger partial charge >= 0.3 is 0 Å². The summed E-state index contributed by atoms with van der Waals surface area (Å²) in [6.45, 7) is 0. The van der Waals surface area contributed by atoms with E-state index in [1.54, 1.807) is 41.8 Å². The molecule has 4 heteroatoms. The standard InChI is InChI=1S/C17H8O3S/c18-13-7-8-21-17-11(13)5-6-12-14(17)16(20)10-4-2-1-3-9(10)15(12)19/h1-8H. The molecule has 0 saturated carbocycles. The molecule has 0 fully saturated rings. The van der Waals surface area contributed by atoms with Crippen molar-refractivity contribution in [1.29, 1.82) is 0 Å². The second-order valence-corrected chi connectivity index (χ2v) is 5.77. The summed E-state index contributed by atoms with van der Waals surface area (Å²) in [5, 5.41) is 2.14. The predicted molar refractivity (Wildman–Crippen MR) is 81.4 cm³/mol. The average molecular weight is 292 g/mol. The molecule has 0 amide bonds. The third kappa shape index (κ3) is 1.56. The lowest BCUT2D eigenvalue weighted by molar-refractivity contribution is 0.0980. The van der Waals surface area contributed by atoms with Crippen molar-refractivity contribution in [2.24, 2.45) is 0 Å². The van der Waals surface area contributed by atoms with Gasteiger partial charge in [0, 0.05) is 22.1 Å². The van der Waals surface area contributed by atoms with E-state index in [4.69, 9.17) is 0 Å². The fourth-order valence-corrected chi connectivity index (χ4v) is 3.67. The van der Waals surface area contributed by atoms with Crippen LogP contribution in [0.1, 0.15) is 31.8 Å². The molecule has 1 aromatic heterocycles. The van der Waals surface area contributed by atoms with Crippen molar-refractivity contribution in [2.45, 2.75) is 0 Å². The second-order valence-electron chi connectivity index (χ2n) is 4.85. The van der Waals surface area contributed by atoms with Crippen molar-refractivity contribution in [2.75, 3.05) is 0 Å². The van der Waals surface area contributed by atoms with E-state index < -0.39 is 0 Å². The minimum Gasteiger partial charge on any atom is -0.289 e. The van der Waals surface area contributed by atoms with Crippen molar-refractivity contribution in [3.63, 3.8) is 0 Å². The maximum absolute atomic E-state index is 12.7. The first-order chi connectivity index (χ1) is 10.2. The van der Waals surface area contributed by atoms with Crippen LogP contribution < -0.4 is 5.43 Å². The number of rotatable bonds is 0. The molecule has 1 aliphatic carbocycles. The Labute approximate surface area is 123 Å². The van der Waals surface area contributed by atoms with Crippen molar-refractivity contribution in [3.8, 4) is 0 Å². The molecule has 3 aromatic rings. The van der Waals surface area contributed by atoms with Crippen molar-refractivity contribution in [1.82, 2.24) is 0 Å². The third-order valence-electron chi connectivity index (χ3n) is 3.72. The van der Waals surface area contributed by atoms with Crippen LogP contribution in [0.5, 0.6) is 0 Å². The van der Waals surface area contributed by atoms with Gasteiger partial charge in [-0.25, -0.2) is 0 Å². The third-order valence-corrected chi connectivity index (χ3v) is 4.65. The van der Waals surface area contributed by atoms with Gasteiger partial charge in [0.1, 0.15) is 0 Å². The maximum Gasteiger partial charge on any atom is 0.195 e. The van der Waals surface area contributed by atoms with E-state index >= 15 is 0 Å². The first kappa shape index (κ1) is 12.2. The highest BCUT2D eigenvalue weighted by Gasteiger charge is 2.31. The Morgan fingerprint density at radius 2 is 1.43 bits per heavy atom. The van der Waals surface area contributed by atoms with Gasteiger partial charge in [0.15, 0.2) is 17.0 Å². The summed E-state index contributed by atoms with van der Waals surface area (Å²) >= 11 is 1.31. The molecule has 0 unspecified atom stereocenters. The lowest BCUT2D eigenvalue weighted by Crippen LogP contribution is -2.21. The Bertz CT molecular complexity index is 998. The second kappa shape index (κ2) is 4.20. The van der Waals surface area contributed by atoms with Crippen LogP contribution in [0.25, 0.3) is 10.1 Å². The van der Waals surface area contributed by atoms with E-state index in [1.165, 1.54) is 17.4 Å². The molecule has 0 N–H and O–H groups in total. The molecule has 4 rings (SSSR count). The van der Waals surface area contributed by atoms with E-state index in [1.807, 2.05) is 0 Å². The molecular weight excluding hydrogens is 284 g/mol. The Morgan fingerprint density at radius 1 is 0.714 bits per heavy atom. The summed E-state index contributed by atoms with van der Waals surface area (Å²) in [6.07, 6.45) is 0. The molecule has 0 radical (unpaired) electrons. The maximum atomic E-state index is 12.7. The monoisotopic (exact) mass is 292 g/mol. The minimum absolute atomic E-state index is 0.134. The topological polar surface area (TPSA) is 51.2 Å². The highest BCUT2D eigenvalue weighted by atomic mass is 32.1. The minimum atomic E-state index is -0.187. The van der Waals surface area contributed by atoms with Crippen LogP contribution in [0, 0.1) is 0 Å². The van der Waals surface area contributed by atoms with Gasteiger partial charge in [-0.1, -0.05) is 24.3 Å². The Morgan fingerprint density at radius 3 is 2.19 bits per heavy atom. The SMILES string of the molecule is O=C1c2ccccc2C(=O)c2c1ccc1c(=O)ccsc21. The lowest BCUT2D eigenvalue weighted by Gasteiger charge is -2.18. The molecule has 100 valence electrons. The van der Waals surface area contributed by atoms with Gasteiger partial charge in [-0.05, 0) is 23.6 Å². The summed E-state index contributed by atoms with van der Waals surface area (Å²) in [5.41, 5.74) is 1.45. The summed E-state index contributed by atoms with van der Waals surface area (Å²) in [6, 6.07) is 11.5. The van der Waals surface area contributed by atoms with E-state index in [0.717, 1.165) is 0 Å². The summed E-state index contributed by atoms with van der Waals surface area (Å²) in [4.78, 5) is 37.2. The highest BCUT2D eigenvalue weighted by molar-refractivity contribution is 7.17.